The van der Waals surface area contributed by atoms with E-state index >= 15 is 0 Å². The van der Waals surface area contributed by atoms with Crippen molar-refractivity contribution in [2.75, 3.05) is 5.32 Å². The standard InChI is InChI=1S/C15H18N4/c1-3-19-11-14(10-17-19)12(2)18-15-6-4-13(5-7-15)8-9-16/h4-7,10-12,18H,3,8H2,1-2H3. The summed E-state index contributed by atoms with van der Waals surface area (Å²) >= 11 is 0. The number of anilines is 1. The molecule has 1 aromatic heterocycles. The minimum Gasteiger partial charge on any atom is -0.378 e. The van der Waals surface area contributed by atoms with Gasteiger partial charge in [0, 0.05) is 24.0 Å². The molecule has 1 heterocycles. The van der Waals surface area contributed by atoms with Crippen LogP contribution in [0, 0.1) is 11.3 Å². The molecule has 1 N–H and O–H groups in total. The molecule has 2 rings (SSSR count). The summed E-state index contributed by atoms with van der Waals surface area (Å²) in [6.45, 7) is 5.07. The Morgan fingerprint density at radius 3 is 2.68 bits per heavy atom. The number of nitrogens with one attached hydrogen (secondary N) is 1. The fourth-order valence-electron chi connectivity index (χ4n) is 1.92. The quantitative estimate of drug-likeness (QED) is 0.891. The highest BCUT2D eigenvalue weighted by Gasteiger charge is 2.07. The topological polar surface area (TPSA) is 53.6 Å². The van der Waals surface area contributed by atoms with Crippen LogP contribution in [0.15, 0.2) is 36.7 Å². The fourth-order valence-corrected chi connectivity index (χ4v) is 1.92. The van der Waals surface area contributed by atoms with Crippen molar-refractivity contribution < 1.29 is 0 Å². The fraction of sp³-hybridized carbons (Fsp3) is 0.333. The van der Waals surface area contributed by atoms with Crippen LogP contribution in [0.5, 0.6) is 0 Å². The summed E-state index contributed by atoms with van der Waals surface area (Å²) < 4.78 is 1.92. The summed E-state index contributed by atoms with van der Waals surface area (Å²) in [5.74, 6) is 0. The maximum atomic E-state index is 8.63. The third kappa shape index (κ3) is 3.35. The molecule has 0 aliphatic carbocycles. The second-order valence-electron chi connectivity index (χ2n) is 4.53. The van der Waals surface area contributed by atoms with Crippen molar-refractivity contribution in [1.29, 1.82) is 5.26 Å². The number of benzene rings is 1. The molecule has 1 unspecified atom stereocenters. The van der Waals surface area contributed by atoms with Gasteiger partial charge in [-0.15, -0.1) is 0 Å². The highest BCUT2D eigenvalue weighted by molar-refractivity contribution is 5.46. The van der Waals surface area contributed by atoms with E-state index in [0.29, 0.717) is 6.42 Å². The zero-order chi connectivity index (χ0) is 13.7. The molecule has 2 aromatic rings. The Labute approximate surface area is 113 Å². The largest absolute Gasteiger partial charge is 0.378 e. The molecule has 0 aliphatic rings. The Hall–Kier alpha value is -2.28. The predicted molar refractivity (Wildman–Crippen MR) is 75.7 cm³/mol. The van der Waals surface area contributed by atoms with Crippen LogP contribution in [0.4, 0.5) is 5.69 Å². The van der Waals surface area contributed by atoms with Crippen LogP contribution < -0.4 is 5.32 Å². The minimum absolute atomic E-state index is 0.210. The molecule has 98 valence electrons. The lowest BCUT2D eigenvalue weighted by molar-refractivity contribution is 0.658. The number of rotatable bonds is 5. The van der Waals surface area contributed by atoms with Gasteiger partial charge in [-0.3, -0.25) is 4.68 Å². The molecule has 4 nitrogen and oxygen atoms in total. The van der Waals surface area contributed by atoms with Gasteiger partial charge in [0.1, 0.15) is 0 Å². The van der Waals surface area contributed by atoms with Gasteiger partial charge in [-0.1, -0.05) is 12.1 Å². The average Bonchev–Trinajstić information content (AvgIpc) is 2.90. The molecule has 0 fully saturated rings. The smallest absolute Gasteiger partial charge is 0.0669 e. The Bertz CT molecular complexity index is 563. The minimum atomic E-state index is 0.210. The molecule has 0 aliphatic heterocycles. The zero-order valence-electron chi connectivity index (χ0n) is 11.3. The Morgan fingerprint density at radius 2 is 2.11 bits per heavy atom. The predicted octanol–water partition coefficient (Wildman–Crippen LogP) is 3.14. The van der Waals surface area contributed by atoms with Crippen LogP contribution in [0.3, 0.4) is 0 Å². The van der Waals surface area contributed by atoms with Crippen LogP contribution >= 0.6 is 0 Å². The first-order valence-corrected chi connectivity index (χ1v) is 6.47. The molecule has 19 heavy (non-hydrogen) atoms. The summed E-state index contributed by atoms with van der Waals surface area (Å²) in [6, 6.07) is 10.3. The summed E-state index contributed by atoms with van der Waals surface area (Å²) in [5.41, 5.74) is 3.26. The monoisotopic (exact) mass is 254 g/mol. The van der Waals surface area contributed by atoms with E-state index in [4.69, 9.17) is 5.26 Å². The van der Waals surface area contributed by atoms with E-state index in [1.165, 1.54) is 5.56 Å². The lowest BCUT2D eigenvalue weighted by Gasteiger charge is -2.13. The van der Waals surface area contributed by atoms with Crippen LogP contribution in [-0.2, 0) is 13.0 Å². The number of hydrogen-bond donors (Lipinski definition) is 1. The van der Waals surface area contributed by atoms with Crippen molar-refractivity contribution in [1.82, 2.24) is 9.78 Å². The molecule has 4 heteroatoms. The van der Waals surface area contributed by atoms with Gasteiger partial charge in [-0.2, -0.15) is 10.4 Å². The van der Waals surface area contributed by atoms with Gasteiger partial charge in [0.25, 0.3) is 0 Å². The lowest BCUT2D eigenvalue weighted by atomic mass is 10.1. The first-order valence-electron chi connectivity index (χ1n) is 6.47. The molecule has 0 saturated heterocycles. The van der Waals surface area contributed by atoms with Gasteiger partial charge < -0.3 is 5.32 Å². The highest BCUT2D eigenvalue weighted by atomic mass is 15.3. The van der Waals surface area contributed by atoms with Crippen molar-refractivity contribution in [3.8, 4) is 6.07 Å². The third-order valence-electron chi connectivity index (χ3n) is 3.10. The second-order valence-corrected chi connectivity index (χ2v) is 4.53. The SMILES string of the molecule is CCn1cc(C(C)Nc2ccc(CC#N)cc2)cn1. The van der Waals surface area contributed by atoms with E-state index in [1.54, 1.807) is 0 Å². The van der Waals surface area contributed by atoms with Crippen LogP contribution in [0.25, 0.3) is 0 Å². The zero-order valence-corrected chi connectivity index (χ0v) is 11.3. The first-order chi connectivity index (χ1) is 9.22. The lowest BCUT2D eigenvalue weighted by Crippen LogP contribution is -2.05. The van der Waals surface area contributed by atoms with Crippen LogP contribution in [-0.4, -0.2) is 9.78 Å². The van der Waals surface area contributed by atoms with Crippen molar-refractivity contribution in [3.05, 3.63) is 47.8 Å². The van der Waals surface area contributed by atoms with E-state index in [0.717, 1.165) is 17.8 Å². The van der Waals surface area contributed by atoms with Gasteiger partial charge >= 0.3 is 0 Å². The molecule has 1 atom stereocenters. The molecular weight excluding hydrogens is 236 g/mol. The number of nitrogens with zero attached hydrogens (tertiary/aromatic N) is 3. The van der Waals surface area contributed by atoms with Gasteiger partial charge in [-0.25, -0.2) is 0 Å². The van der Waals surface area contributed by atoms with Gasteiger partial charge in [-0.05, 0) is 31.5 Å². The molecule has 0 radical (unpaired) electrons. The molecule has 1 aromatic carbocycles. The van der Waals surface area contributed by atoms with E-state index in [-0.39, 0.29) is 6.04 Å². The maximum Gasteiger partial charge on any atom is 0.0669 e. The Balaban J connectivity index is 2.02. The molecular formula is C15H18N4. The summed E-state index contributed by atoms with van der Waals surface area (Å²) in [5, 5.41) is 16.3. The summed E-state index contributed by atoms with van der Waals surface area (Å²) in [6.07, 6.45) is 4.41. The van der Waals surface area contributed by atoms with Crippen LogP contribution in [0.1, 0.15) is 31.0 Å². The van der Waals surface area contributed by atoms with Gasteiger partial charge in [0.05, 0.1) is 24.7 Å². The Kier molecular flexibility index (Phi) is 4.19. The van der Waals surface area contributed by atoms with E-state index in [9.17, 15) is 0 Å². The first kappa shape index (κ1) is 13.2. The van der Waals surface area contributed by atoms with Crippen LogP contribution in [0.2, 0.25) is 0 Å². The highest BCUT2D eigenvalue weighted by Crippen LogP contribution is 2.19. The van der Waals surface area contributed by atoms with Gasteiger partial charge in [0.15, 0.2) is 0 Å². The Morgan fingerprint density at radius 1 is 1.37 bits per heavy atom. The molecule has 0 bridgehead atoms. The maximum absolute atomic E-state index is 8.63. The van der Waals surface area contributed by atoms with Crippen molar-refractivity contribution in [2.24, 2.45) is 0 Å². The average molecular weight is 254 g/mol. The molecule has 0 spiro atoms. The van der Waals surface area contributed by atoms with E-state index < -0.39 is 0 Å². The second kappa shape index (κ2) is 6.05. The van der Waals surface area contributed by atoms with Crippen molar-refractivity contribution in [3.63, 3.8) is 0 Å². The van der Waals surface area contributed by atoms with E-state index in [2.05, 4.69) is 36.5 Å². The number of aromatic nitrogens is 2. The van der Waals surface area contributed by atoms with Crippen molar-refractivity contribution >= 4 is 5.69 Å². The number of hydrogen-bond acceptors (Lipinski definition) is 3. The summed E-state index contributed by atoms with van der Waals surface area (Å²) in [4.78, 5) is 0. The normalized spacial score (nSPS) is 11.8. The molecule has 0 saturated carbocycles. The van der Waals surface area contributed by atoms with Crippen molar-refractivity contribution in [2.45, 2.75) is 32.9 Å². The summed E-state index contributed by atoms with van der Waals surface area (Å²) in [7, 11) is 0. The molecule has 0 amide bonds. The van der Waals surface area contributed by atoms with Gasteiger partial charge in [0.2, 0.25) is 0 Å². The number of nitriles is 1. The van der Waals surface area contributed by atoms with E-state index in [1.807, 2.05) is 35.1 Å². The number of aryl methyl sites for hydroxylation is 1. The third-order valence-corrected chi connectivity index (χ3v) is 3.10.